The van der Waals surface area contributed by atoms with Crippen molar-refractivity contribution in [1.82, 2.24) is 79.0 Å². The summed E-state index contributed by atoms with van der Waals surface area (Å²) >= 11 is 13.5. The Morgan fingerprint density at radius 1 is 0.388 bits per heavy atom. The molecule has 0 bridgehead atoms. The van der Waals surface area contributed by atoms with Crippen LogP contribution >= 0.6 is 63.7 Å². The zero-order valence-electron chi connectivity index (χ0n) is 55.2. The molecular formula is C74H75BBr4F6N17Pt. The number of aromatic nitrogens is 16. The van der Waals surface area contributed by atoms with Crippen LogP contribution in [0.25, 0.3) is 23.3 Å². The zero-order valence-corrected chi connectivity index (χ0v) is 63.8. The molecule has 0 unspecified atom stereocenters. The van der Waals surface area contributed by atoms with Crippen molar-refractivity contribution in [2.24, 2.45) is 4.99 Å². The molecule has 0 spiro atoms. The molecular weight excluding hydrogens is 1770 g/mol. The Morgan fingerprint density at radius 2 is 0.748 bits per heavy atom. The first-order chi connectivity index (χ1) is 46.4. The quantitative estimate of drug-likeness (QED) is 0.0488. The molecule has 17 nitrogen and oxygen atoms in total. The van der Waals surface area contributed by atoms with Crippen molar-refractivity contribution < 1.29 is 47.4 Å². The summed E-state index contributed by atoms with van der Waals surface area (Å²) < 4.78 is 86.0. The van der Waals surface area contributed by atoms with Gasteiger partial charge in [-0.1, -0.05) is 108 Å². The molecule has 1 aliphatic rings. The Balaban J connectivity index is 0.000000288. The van der Waals surface area contributed by atoms with Crippen LogP contribution in [0.1, 0.15) is 139 Å². The molecule has 103 heavy (non-hydrogen) atoms. The number of alkyl halides is 6. The summed E-state index contributed by atoms with van der Waals surface area (Å²) in [6.07, 6.45) is 4.35. The maximum Gasteiger partial charge on any atom is 2.00 e. The van der Waals surface area contributed by atoms with Crippen molar-refractivity contribution in [2.75, 3.05) is 6.54 Å². The third kappa shape index (κ3) is 23.6. The van der Waals surface area contributed by atoms with E-state index in [4.69, 9.17) is 9.97 Å². The summed E-state index contributed by atoms with van der Waals surface area (Å²) in [6.45, 7) is 18.7. The minimum atomic E-state index is -4.54. The number of rotatable bonds is 12. The van der Waals surface area contributed by atoms with E-state index in [-0.39, 0.29) is 63.0 Å². The number of nitrogens with zero attached hydrogens (tertiary/aromatic N) is 17. The van der Waals surface area contributed by atoms with Gasteiger partial charge >= 0.3 is 33.4 Å². The van der Waals surface area contributed by atoms with Gasteiger partial charge in [-0.05, 0) is 228 Å². The van der Waals surface area contributed by atoms with Gasteiger partial charge in [0, 0.05) is 72.0 Å². The number of hydrogen-bond acceptors (Lipinski definition) is 13. The van der Waals surface area contributed by atoms with E-state index >= 15 is 0 Å². The van der Waals surface area contributed by atoms with Gasteiger partial charge in [0.05, 0.1) is 52.3 Å². The molecule has 12 aromatic rings. The molecule has 0 aliphatic carbocycles. The van der Waals surface area contributed by atoms with Gasteiger partial charge in [0.15, 0.2) is 17.3 Å². The van der Waals surface area contributed by atoms with Crippen LogP contribution in [0.3, 0.4) is 0 Å². The van der Waals surface area contributed by atoms with Crippen LogP contribution in [0.15, 0.2) is 218 Å². The molecule has 29 heteroatoms. The smallest absolute Gasteiger partial charge is 0.343 e. The van der Waals surface area contributed by atoms with Gasteiger partial charge in [-0.2, -0.15) is 36.5 Å². The van der Waals surface area contributed by atoms with Crippen LogP contribution in [0.4, 0.5) is 26.3 Å². The van der Waals surface area contributed by atoms with Crippen molar-refractivity contribution in [3.05, 3.63) is 294 Å². The van der Waals surface area contributed by atoms with Crippen molar-refractivity contribution in [2.45, 2.75) is 120 Å². The number of allylic oxidation sites excluding steroid dienone is 1. The van der Waals surface area contributed by atoms with E-state index in [1.165, 1.54) is 6.20 Å². The molecule has 0 fully saturated rings. The standard InChI is InChI=1S/C21H19F3N6.C21H17F3N6.C13H12Br2N2.C11H8Br2N2.C5H7N.3CH4.B.Pt/c2*1-14-10-12-29(27-14)18-8-4-6-15(25-18)20(2,3)16-7-5-9-19(26-16)30-13-11-17(28-30)21(22,23)24;1-13(2,9-5-3-7-11(14)16-9)10-6-4-8-12(15)17-10;12-10-5-1-3-8(14-10)7-9-4-2-6-11(13)15-9;1-5-3-2-4-6-5;;;;;/h4-13H,1-3H3;4-11H,1-3H3;3-8H,1-2H3;1-6H,7H2;2-3H,4H2,1H3;3*1H4;;/q;-2;;;;;;;;+2. The first-order valence-corrected chi connectivity index (χ1v) is 33.3. The number of hydrogen-bond donors (Lipinski definition) is 0. The van der Waals surface area contributed by atoms with Crippen LogP contribution in [0, 0.1) is 26.2 Å². The van der Waals surface area contributed by atoms with E-state index in [0.29, 0.717) is 28.8 Å². The fourth-order valence-corrected chi connectivity index (χ4v) is 10.9. The first kappa shape index (κ1) is 87.1. The van der Waals surface area contributed by atoms with Gasteiger partial charge in [-0.25, -0.2) is 39.3 Å². The monoisotopic (exact) mass is 1840 g/mol. The normalized spacial score (nSPS) is 11.7. The molecule has 0 amide bonds. The second-order valence-corrected chi connectivity index (χ2v) is 26.7. The average molecular weight is 1840 g/mol. The second kappa shape index (κ2) is 37.9. The molecule has 3 radical (unpaired) electrons. The van der Waals surface area contributed by atoms with Gasteiger partial charge in [0.1, 0.15) is 18.4 Å². The zero-order chi connectivity index (χ0) is 70.6. The Morgan fingerprint density at radius 3 is 1.08 bits per heavy atom. The van der Waals surface area contributed by atoms with Gasteiger partial charge in [0.2, 0.25) is 0 Å². The molecule has 539 valence electrons. The number of aliphatic imine (C=N–C) groups is 1. The van der Waals surface area contributed by atoms with Crippen LogP contribution in [0.2, 0.25) is 0 Å². The minimum absolute atomic E-state index is 0. The molecule has 12 aromatic heterocycles. The van der Waals surface area contributed by atoms with Crippen molar-refractivity contribution >= 4 is 77.8 Å². The second-order valence-electron chi connectivity index (χ2n) is 23.5. The van der Waals surface area contributed by atoms with Crippen molar-refractivity contribution in [3.8, 4) is 23.3 Å². The maximum absolute atomic E-state index is 12.9. The number of halogens is 10. The van der Waals surface area contributed by atoms with E-state index in [9.17, 15) is 26.3 Å². The predicted molar refractivity (Wildman–Crippen MR) is 403 cm³/mol. The van der Waals surface area contributed by atoms with Gasteiger partial charge in [-0.3, -0.25) is 25.2 Å². The molecule has 0 N–H and O–H groups in total. The van der Waals surface area contributed by atoms with E-state index in [1.54, 1.807) is 45.8 Å². The fraction of sp³-hybridized carbons (Fsp3) is 0.257. The summed E-state index contributed by atoms with van der Waals surface area (Å²) in [6, 6.07) is 50.5. The number of aryl methyl sites for hydroxylation is 2. The maximum atomic E-state index is 12.9. The molecule has 0 saturated carbocycles. The first-order valence-electron chi connectivity index (χ1n) is 30.1. The van der Waals surface area contributed by atoms with E-state index in [1.807, 2.05) is 182 Å². The molecule has 0 atom stereocenters. The minimum Gasteiger partial charge on any atom is -0.343 e. The largest absolute Gasteiger partial charge is 2.00 e. The van der Waals surface area contributed by atoms with Crippen LogP contribution in [0.5, 0.6) is 0 Å². The van der Waals surface area contributed by atoms with Crippen LogP contribution in [-0.4, -0.2) is 99.7 Å². The Hall–Kier alpha value is -8.30. The molecule has 1 aliphatic heterocycles. The summed E-state index contributed by atoms with van der Waals surface area (Å²) in [5.41, 5.74) is 6.21. The average Bonchev–Trinajstić information content (AvgIpc) is 1.78. The van der Waals surface area contributed by atoms with Crippen molar-refractivity contribution in [1.29, 1.82) is 0 Å². The van der Waals surface area contributed by atoms with E-state index in [0.717, 1.165) is 104 Å². The van der Waals surface area contributed by atoms with Crippen LogP contribution in [-0.2, 0) is 56.1 Å². The predicted octanol–water partition coefficient (Wildman–Crippen LogP) is 19.1. The SMILES string of the molecule is Brc1cccc(Cc2cccc(Br)n2)n1.C.C.C.CC(C)(c1cccc(Br)n1)c1cccc(Br)n1.CC1=NCC=C1.Cc1c[c-]n(-c2cccc(C(C)(C)c3cccc(-n4[c-]cc(C(F)(F)F)n4)n3)n2)n1.Cc1ccn(-c2cccc(C(C)(C)c3cccc(-n4ccc(C(F)(F)F)n4)n3)n2)n1.[B].[Pt+2]. The summed E-state index contributed by atoms with van der Waals surface area (Å²) in [4.78, 5) is 40.3. The Kier molecular flexibility index (Phi) is 32.1. The summed E-state index contributed by atoms with van der Waals surface area (Å²) in [7, 11) is 0. The van der Waals surface area contributed by atoms with Gasteiger partial charge in [-0.15, -0.1) is 12.1 Å². The van der Waals surface area contributed by atoms with Crippen LogP contribution < -0.4 is 0 Å². The summed E-state index contributed by atoms with van der Waals surface area (Å²) in [5, 5.41) is 15.9. The third-order valence-electron chi connectivity index (χ3n) is 14.9. The van der Waals surface area contributed by atoms with Gasteiger partial charge in [0.25, 0.3) is 0 Å². The van der Waals surface area contributed by atoms with Crippen molar-refractivity contribution in [3.63, 3.8) is 0 Å². The molecule has 0 saturated heterocycles. The fourth-order valence-electron chi connectivity index (χ4n) is 9.42. The Labute approximate surface area is 647 Å². The summed E-state index contributed by atoms with van der Waals surface area (Å²) in [5.74, 6) is 1.82. The molecule has 13 heterocycles. The number of pyridine rings is 8. The molecule has 13 rings (SSSR count). The Bertz CT molecular complexity index is 4480. The van der Waals surface area contributed by atoms with Gasteiger partial charge < -0.3 is 9.36 Å². The van der Waals surface area contributed by atoms with E-state index in [2.05, 4.69) is 151 Å². The van der Waals surface area contributed by atoms with E-state index < -0.39 is 34.6 Å². The topological polar surface area (TPSA) is 187 Å². The molecule has 0 aromatic carbocycles. The third-order valence-corrected chi connectivity index (χ3v) is 16.7.